The molecule has 138 valence electrons. The van der Waals surface area contributed by atoms with E-state index in [-0.39, 0.29) is 5.02 Å². The number of benzene rings is 2. The van der Waals surface area contributed by atoms with Crippen LogP contribution in [-0.4, -0.2) is 15.2 Å². The summed E-state index contributed by atoms with van der Waals surface area (Å²) in [6.07, 6.45) is 3.27. The summed E-state index contributed by atoms with van der Waals surface area (Å²) in [5, 5.41) is 23.6. The van der Waals surface area contributed by atoms with E-state index in [1.54, 1.807) is 12.3 Å². The zero-order valence-electron chi connectivity index (χ0n) is 14.5. The normalized spacial score (nSPS) is 10.6. The van der Waals surface area contributed by atoms with Crippen molar-refractivity contribution in [2.24, 2.45) is 0 Å². The Morgan fingerprint density at radius 1 is 1.14 bits per heavy atom. The molecule has 8 heteroatoms. The summed E-state index contributed by atoms with van der Waals surface area (Å²) in [4.78, 5) is 4.34. The van der Waals surface area contributed by atoms with Crippen LogP contribution >= 0.6 is 11.6 Å². The zero-order valence-corrected chi connectivity index (χ0v) is 15.3. The van der Waals surface area contributed by atoms with Crippen LogP contribution in [0.15, 0.2) is 54.9 Å². The number of aromatic nitrogens is 3. The first-order chi connectivity index (χ1) is 13.6. The van der Waals surface area contributed by atoms with Crippen LogP contribution in [0.5, 0.6) is 0 Å². The van der Waals surface area contributed by atoms with Gasteiger partial charge in [-0.3, -0.25) is 10.1 Å². The average Bonchev–Trinajstić information content (AvgIpc) is 3.23. The number of H-pyrrole nitrogens is 1. The van der Waals surface area contributed by atoms with E-state index in [4.69, 9.17) is 11.6 Å². The Labute approximate surface area is 165 Å². The van der Waals surface area contributed by atoms with Gasteiger partial charge in [-0.05, 0) is 42.5 Å². The van der Waals surface area contributed by atoms with Crippen molar-refractivity contribution in [1.29, 1.82) is 5.26 Å². The maximum atomic E-state index is 13.5. The summed E-state index contributed by atoms with van der Waals surface area (Å²) < 4.78 is 13.5. The minimum Gasteiger partial charge on any atom is -0.379 e. The zero-order chi connectivity index (χ0) is 19.5. The fraction of sp³-hybridized carbons (Fsp3) is 0.0500. The molecule has 0 amide bonds. The molecule has 0 aliphatic carbocycles. The van der Waals surface area contributed by atoms with Crippen LogP contribution in [0.3, 0.4) is 0 Å². The van der Waals surface area contributed by atoms with Crippen molar-refractivity contribution in [2.75, 3.05) is 10.6 Å². The lowest BCUT2D eigenvalue weighted by Crippen LogP contribution is -2.01. The van der Waals surface area contributed by atoms with Crippen molar-refractivity contribution in [3.8, 4) is 6.07 Å². The molecule has 6 nitrogen and oxygen atoms in total. The molecule has 0 radical (unpaired) electrons. The molecule has 2 heterocycles. The lowest BCUT2D eigenvalue weighted by atomic mass is 10.1. The van der Waals surface area contributed by atoms with Crippen LogP contribution in [0.2, 0.25) is 5.02 Å². The van der Waals surface area contributed by atoms with Gasteiger partial charge in [-0.25, -0.2) is 4.39 Å². The summed E-state index contributed by atoms with van der Waals surface area (Å²) in [7, 11) is 0. The SMILES string of the molecule is N#Cc1cnc2ccc(NCc3cc[nH]n3)cc2c1Nc1ccc(F)c(Cl)c1. The lowest BCUT2D eigenvalue weighted by molar-refractivity contribution is 0.628. The molecule has 0 aliphatic heterocycles. The van der Waals surface area contributed by atoms with Gasteiger partial charge in [0.2, 0.25) is 0 Å². The Morgan fingerprint density at radius 2 is 2.00 bits per heavy atom. The number of aromatic amines is 1. The van der Waals surface area contributed by atoms with Crippen LogP contribution < -0.4 is 10.6 Å². The topological polar surface area (TPSA) is 89.4 Å². The Kier molecular flexibility index (Phi) is 4.79. The van der Waals surface area contributed by atoms with Gasteiger partial charge in [-0.15, -0.1) is 0 Å². The second kappa shape index (κ2) is 7.55. The van der Waals surface area contributed by atoms with E-state index in [0.717, 1.165) is 22.3 Å². The van der Waals surface area contributed by atoms with Gasteiger partial charge in [0.25, 0.3) is 0 Å². The van der Waals surface area contributed by atoms with E-state index < -0.39 is 5.82 Å². The number of hydrogen-bond acceptors (Lipinski definition) is 5. The van der Waals surface area contributed by atoms with Crippen molar-refractivity contribution >= 4 is 39.6 Å². The molecular weight excluding hydrogens is 379 g/mol. The highest BCUT2D eigenvalue weighted by atomic mass is 35.5. The van der Waals surface area contributed by atoms with Gasteiger partial charge in [0.15, 0.2) is 0 Å². The minimum absolute atomic E-state index is 0.00299. The highest BCUT2D eigenvalue weighted by Gasteiger charge is 2.11. The van der Waals surface area contributed by atoms with Gasteiger partial charge < -0.3 is 10.6 Å². The highest BCUT2D eigenvalue weighted by molar-refractivity contribution is 6.31. The predicted octanol–water partition coefficient (Wildman–Crippen LogP) is 4.98. The Hall–Kier alpha value is -3.63. The van der Waals surface area contributed by atoms with E-state index in [0.29, 0.717) is 23.5 Å². The number of fused-ring (bicyclic) bond motifs is 1. The third kappa shape index (κ3) is 3.59. The molecule has 2 aromatic carbocycles. The molecule has 0 saturated carbocycles. The molecule has 0 saturated heterocycles. The molecular formula is C20H14ClFN6. The molecule has 4 rings (SSSR count). The number of rotatable bonds is 5. The van der Waals surface area contributed by atoms with E-state index in [9.17, 15) is 9.65 Å². The number of halogens is 2. The summed E-state index contributed by atoms with van der Waals surface area (Å²) in [6, 6.07) is 14.0. The van der Waals surface area contributed by atoms with E-state index in [1.165, 1.54) is 18.3 Å². The van der Waals surface area contributed by atoms with Gasteiger partial charge in [-0.1, -0.05) is 11.6 Å². The molecule has 2 aromatic heterocycles. The predicted molar refractivity (Wildman–Crippen MR) is 107 cm³/mol. The summed E-state index contributed by atoms with van der Waals surface area (Å²) in [5.41, 5.74) is 3.98. The van der Waals surface area contributed by atoms with Gasteiger partial charge in [0.1, 0.15) is 11.9 Å². The van der Waals surface area contributed by atoms with E-state index in [1.807, 2.05) is 24.3 Å². The van der Waals surface area contributed by atoms with E-state index in [2.05, 4.69) is 31.9 Å². The fourth-order valence-electron chi connectivity index (χ4n) is 2.82. The Balaban J connectivity index is 1.72. The molecule has 3 N–H and O–H groups in total. The number of anilines is 3. The second-order valence-corrected chi connectivity index (χ2v) is 6.47. The molecule has 0 bridgehead atoms. The molecule has 0 atom stereocenters. The van der Waals surface area contributed by atoms with E-state index >= 15 is 0 Å². The minimum atomic E-state index is -0.503. The van der Waals surface area contributed by atoms with Crippen molar-refractivity contribution in [2.45, 2.75) is 6.54 Å². The summed E-state index contributed by atoms with van der Waals surface area (Å²) in [6.45, 7) is 0.552. The number of nitriles is 1. The van der Waals surface area contributed by atoms with Crippen LogP contribution in [0, 0.1) is 17.1 Å². The number of nitrogens with zero attached hydrogens (tertiary/aromatic N) is 3. The Bertz CT molecular complexity index is 1180. The van der Waals surface area contributed by atoms with Crippen molar-refractivity contribution in [3.63, 3.8) is 0 Å². The maximum Gasteiger partial charge on any atom is 0.141 e. The third-order valence-corrected chi connectivity index (χ3v) is 4.50. The lowest BCUT2D eigenvalue weighted by Gasteiger charge is -2.13. The van der Waals surface area contributed by atoms with Gasteiger partial charge in [-0.2, -0.15) is 10.4 Å². The van der Waals surface area contributed by atoms with Crippen LogP contribution in [0.4, 0.5) is 21.5 Å². The molecule has 28 heavy (non-hydrogen) atoms. The smallest absolute Gasteiger partial charge is 0.141 e. The number of pyridine rings is 1. The first-order valence-electron chi connectivity index (χ1n) is 8.41. The van der Waals surface area contributed by atoms with Crippen LogP contribution in [0.1, 0.15) is 11.3 Å². The quantitative estimate of drug-likeness (QED) is 0.445. The molecule has 4 aromatic rings. The molecule has 0 spiro atoms. The van der Waals surface area contributed by atoms with Gasteiger partial charge >= 0.3 is 0 Å². The first kappa shape index (κ1) is 17.8. The van der Waals surface area contributed by atoms with Gasteiger partial charge in [0.05, 0.1) is 34.0 Å². The number of hydrogen-bond donors (Lipinski definition) is 3. The molecule has 0 fully saturated rings. The summed E-state index contributed by atoms with van der Waals surface area (Å²) in [5.74, 6) is -0.503. The first-order valence-corrected chi connectivity index (χ1v) is 8.79. The standard InChI is InChI=1S/C20H14ClFN6/c21-17-8-14(1-3-18(17)22)27-20-12(9-23)10-25-19-4-2-13(7-16(19)20)24-11-15-5-6-26-28-15/h1-8,10,24H,11H2,(H,25,27)(H,26,28). The second-order valence-electron chi connectivity index (χ2n) is 6.06. The van der Waals surface area contributed by atoms with Crippen molar-refractivity contribution in [1.82, 2.24) is 15.2 Å². The fourth-order valence-corrected chi connectivity index (χ4v) is 3.00. The molecule has 0 unspecified atom stereocenters. The highest BCUT2D eigenvalue weighted by Crippen LogP contribution is 2.32. The largest absolute Gasteiger partial charge is 0.379 e. The number of nitrogens with one attached hydrogen (secondary N) is 3. The van der Waals surface area contributed by atoms with Crippen LogP contribution in [0.25, 0.3) is 10.9 Å². The monoisotopic (exact) mass is 392 g/mol. The van der Waals surface area contributed by atoms with Gasteiger partial charge in [0, 0.05) is 29.2 Å². The average molecular weight is 393 g/mol. The summed E-state index contributed by atoms with van der Waals surface area (Å²) >= 11 is 5.88. The van der Waals surface area contributed by atoms with Crippen molar-refractivity contribution in [3.05, 3.63) is 77.0 Å². The van der Waals surface area contributed by atoms with Crippen LogP contribution in [-0.2, 0) is 6.54 Å². The third-order valence-electron chi connectivity index (χ3n) is 4.21. The molecule has 0 aliphatic rings. The Morgan fingerprint density at radius 3 is 2.75 bits per heavy atom. The maximum absolute atomic E-state index is 13.5. The van der Waals surface area contributed by atoms with Crippen molar-refractivity contribution < 1.29 is 4.39 Å².